The van der Waals surface area contributed by atoms with E-state index in [9.17, 15) is 9.59 Å². The second kappa shape index (κ2) is 6.34. The molecule has 1 aromatic carbocycles. The smallest absolute Gasteiger partial charge is 0.335 e. The molecule has 23 heavy (non-hydrogen) atoms. The van der Waals surface area contributed by atoms with Crippen LogP contribution in [0.15, 0.2) is 24.3 Å². The molecular formula is C19H28O4. The minimum absolute atomic E-state index is 0.0196. The van der Waals surface area contributed by atoms with Gasteiger partial charge in [0.15, 0.2) is 0 Å². The summed E-state index contributed by atoms with van der Waals surface area (Å²) >= 11 is 0. The third kappa shape index (κ3) is 4.81. The SMILES string of the molecule is CC(C)(C)CC(C)(C(=O)Oc1ccc(C(=O)O)cc1)C(C)(C)C. The highest BCUT2D eigenvalue weighted by Crippen LogP contribution is 2.47. The first-order valence-corrected chi connectivity index (χ1v) is 7.82. The highest BCUT2D eigenvalue weighted by Gasteiger charge is 2.47. The molecule has 4 nitrogen and oxygen atoms in total. The Bertz CT molecular complexity index is 573. The maximum absolute atomic E-state index is 12.8. The summed E-state index contributed by atoms with van der Waals surface area (Å²) in [6.45, 7) is 14.4. The molecule has 0 aliphatic heterocycles. The van der Waals surface area contributed by atoms with Crippen LogP contribution in [-0.2, 0) is 4.79 Å². The first kappa shape index (κ1) is 19.2. The van der Waals surface area contributed by atoms with Crippen molar-refractivity contribution in [1.82, 2.24) is 0 Å². The van der Waals surface area contributed by atoms with Crippen molar-refractivity contribution < 1.29 is 19.4 Å². The molecule has 1 atom stereocenters. The number of aromatic carboxylic acids is 1. The molecule has 0 aliphatic carbocycles. The molecule has 0 radical (unpaired) electrons. The van der Waals surface area contributed by atoms with Crippen LogP contribution in [0, 0.1) is 16.2 Å². The minimum Gasteiger partial charge on any atom is -0.478 e. The Morgan fingerprint density at radius 3 is 1.78 bits per heavy atom. The zero-order chi connectivity index (χ0) is 18.1. The number of benzene rings is 1. The Morgan fingerprint density at radius 1 is 0.957 bits per heavy atom. The molecular weight excluding hydrogens is 292 g/mol. The standard InChI is InChI=1S/C19H28O4/c1-17(2,3)12-19(7,18(4,5)6)16(22)23-14-10-8-13(9-11-14)15(20)21/h8-11H,12H2,1-7H3,(H,20,21). The van der Waals surface area contributed by atoms with Gasteiger partial charge in [-0.2, -0.15) is 0 Å². The van der Waals surface area contributed by atoms with Crippen LogP contribution in [0.1, 0.15) is 65.2 Å². The highest BCUT2D eigenvalue weighted by atomic mass is 16.5. The van der Waals surface area contributed by atoms with Crippen LogP contribution in [0.4, 0.5) is 0 Å². The van der Waals surface area contributed by atoms with Crippen LogP contribution in [0.5, 0.6) is 5.75 Å². The van der Waals surface area contributed by atoms with E-state index in [0.29, 0.717) is 12.2 Å². The summed E-state index contributed by atoms with van der Waals surface area (Å²) in [4.78, 5) is 23.7. The molecule has 1 rings (SSSR count). The molecule has 0 spiro atoms. The Hall–Kier alpha value is -1.84. The lowest BCUT2D eigenvalue weighted by atomic mass is 9.61. The maximum Gasteiger partial charge on any atom is 0.335 e. The van der Waals surface area contributed by atoms with E-state index in [1.807, 2.05) is 27.7 Å². The first-order chi connectivity index (χ1) is 10.3. The van der Waals surface area contributed by atoms with Gasteiger partial charge in [-0.05, 0) is 48.4 Å². The van der Waals surface area contributed by atoms with Crippen molar-refractivity contribution in [1.29, 1.82) is 0 Å². The fraction of sp³-hybridized carbons (Fsp3) is 0.579. The van der Waals surface area contributed by atoms with Gasteiger partial charge < -0.3 is 9.84 Å². The summed E-state index contributed by atoms with van der Waals surface area (Å²) in [5.74, 6) is -0.928. The van der Waals surface area contributed by atoms with Crippen molar-refractivity contribution >= 4 is 11.9 Å². The summed E-state index contributed by atoms with van der Waals surface area (Å²) in [5, 5.41) is 8.91. The summed E-state index contributed by atoms with van der Waals surface area (Å²) in [5.41, 5.74) is -0.776. The zero-order valence-electron chi connectivity index (χ0n) is 15.2. The zero-order valence-corrected chi connectivity index (χ0v) is 15.2. The van der Waals surface area contributed by atoms with Gasteiger partial charge in [-0.1, -0.05) is 41.5 Å². The van der Waals surface area contributed by atoms with Crippen LogP contribution in [-0.4, -0.2) is 17.0 Å². The third-order valence-corrected chi connectivity index (χ3v) is 4.30. The van der Waals surface area contributed by atoms with E-state index < -0.39 is 11.4 Å². The minimum atomic E-state index is -1.00. The van der Waals surface area contributed by atoms with E-state index in [2.05, 4.69) is 20.8 Å². The molecule has 0 saturated carbocycles. The highest BCUT2D eigenvalue weighted by molar-refractivity contribution is 5.88. The lowest BCUT2D eigenvalue weighted by Gasteiger charge is -2.43. The fourth-order valence-electron chi connectivity index (χ4n) is 2.59. The van der Waals surface area contributed by atoms with Crippen LogP contribution in [0.25, 0.3) is 0 Å². The summed E-state index contributed by atoms with van der Waals surface area (Å²) in [6, 6.07) is 5.90. The van der Waals surface area contributed by atoms with Gasteiger partial charge in [0, 0.05) is 0 Å². The van der Waals surface area contributed by atoms with Gasteiger partial charge in [0.05, 0.1) is 11.0 Å². The van der Waals surface area contributed by atoms with Crippen LogP contribution < -0.4 is 4.74 Å². The summed E-state index contributed by atoms with van der Waals surface area (Å²) in [6.07, 6.45) is 0.690. The van der Waals surface area contributed by atoms with E-state index >= 15 is 0 Å². The van der Waals surface area contributed by atoms with E-state index in [-0.39, 0.29) is 22.4 Å². The normalized spacial score (nSPS) is 14.9. The number of carboxylic acid groups (broad SMARTS) is 1. The predicted molar refractivity (Wildman–Crippen MR) is 90.7 cm³/mol. The molecule has 0 saturated heterocycles. The molecule has 0 fully saturated rings. The van der Waals surface area contributed by atoms with Gasteiger partial charge in [0.25, 0.3) is 0 Å². The van der Waals surface area contributed by atoms with E-state index in [0.717, 1.165) is 0 Å². The lowest BCUT2D eigenvalue weighted by Crippen LogP contribution is -2.45. The van der Waals surface area contributed by atoms with E-state index in [1.54, 1.807) is 0 Å². The maximum atomic E-state index is 12.8. The molecule has 1 aromatic rings. The van der Waals surface area contributed by atoms with Crippen molar-refractivity contribution in [3.63, 3.8) is 0 Å². The summed E-state index contributed by atoms with van der Waals surface area (Å²) < 4.78 is 5.55. The Morgan fingerprint density at radius 2 is 1.43 bits per heavy atom. The number of carboxylic acids is 1. The molecule has 0 aliphatic rings. The van der Waals surface area contributed by atoms with Gasteiger partial charge >= 0.3 is 11.9 Å². The third-order valence-electron chi connectivity index (χ3n) is 4.30. The van der Waals surface area contributed by atoms with Gasteiger partial charge in [0.2, 0.25) is 0 Å². The molecule has 0 bridgehead atoms. The van der Waals surface area contributed by atoms with Gasteiger partial charge in [-0.25, -0.2) is 4.79 Å². The van der Waals surface area contributed by atoms with Gasteiger partial charge in [-0.3, -0.25) is 4.79 Å². The Balaban J connectivity index is 3.05. The first-order valence-electron chi connectivity index (χ1n) is 7.82. The van der Waals surface area contributed by atoms with Crippen molar-refractivity contribution in [3.05, 3.63) is 29.8 Å². The number of rotatable bonds is 4. The second-order valence-corrected chi connectivity index (χ2v) is 8.54. The molecule has 128 valence electrons. The van der Waals surface area contributed by atoms with Crippen LogP contribution in [0.2, 0.25) is 0 Å². The lowest BCUT2D eigenvalue weighted by molar-refractivity contribution is -0.154. The van der Waals surface area contributed by atoms with Crippen molar-refractivity contribution in [2.75, 3.05) is 0 Å². The van der Waals surface area contributed by atoms with Gasteiger partial charge in [0.1, 0.15) is 5.75 Å². The molecule has 0 heterocycles. The average Bonchev–Trinajstić information content (AvgIpc) is 2.35. The average molecular weight is 320 g/mol. The second-order valence-electron chi connectivity index (χ2n) is 8.54. The Kier molecular flexibility index (Phi) is 5.30. The monoisotopic (exact) mass is 320 g/mol. The molecule has 1 N–H and O–H groups in total. The van der Waals surface area contributed by atoms with Crippen molar-refractivity contribution in [2.45, 2.75) is 54.9 Å². The molecule has 0 aromatic heterocycles. The summed E-state index contributed by atoms with van der Waals surface area (Å²) in [7, 11) is 0. The molecule has 0 amide bonds. The largest absolute Gasteiger partial charge is 0.478 e. The predicted octanol–water partition coefficient (Wildman–Crippen LogP) is 4.78. The van der Waals surface area contributed by atoms with Crippen LogP contribution in [0.3, 0.4) is 0 Å². The van der Waals surface area contributed by atoms with E-state index in [4.69, 9.17) is 9.84 Å². The molecule has 4 heteroatoms. The number of hydrogen-bond donors (Lipinski definition) is 1. The van der Waals surface area contributed by atoms with E-state index in [1.165, 1.54) is 24.3 Å². The number of carbonyl (C=O) groups excluding carboxylic acids is 1. The fourth-order valence-corrected chi connectivity index (χ4v) is 2.59. The molecule has 1 unspecified atom stereocenters. The number of carbonyl (C=O) groups is 2. The topological polar surface area (TPSA) is 63.6 Å². The van der Waals surface area contributed by atoms with Crippen molar-refractivity contribution in [2.24, 2.45) is 16.2 Å². The number of hydrogen-bond acceptors (Lipinski definition) is 3. The van der Waals surface area contributed by atoms with Gasteiger partial charge in [-0.15, -0.1) is 0 Å². The number of esters is 1. The Labute approximate surface area is 138 Å². The quantitative estimate of drug-likeness (QED) is 0.640. The van der Waals surface area contributed by atoms with Crippen molar-refractivity contribution in [3.8, 4) is 5.75 Å². The number of ether oxygens (including phenoxy) is 1. The van der Waals surface area contributed by atoms with Crippen LogP contribution >= 0.6 is 0 Å².